The Morgan fingerprint density at radius 2 is 2.00 bits per heavy atom. The van der Waals surface area contributed by atoms with Gasteiger partial charge in [0.15, 0.2) is 5.67 Å². The third-order valence-electron chi connectivity index (χ3n) is 5.90. The summed E-state index contributed by atoms with van der Waals surface area (Å²) in [5.74, 6) is -0.153. The number of carbonyl (C=O) groups is 2. The molecular weight excluding hydrogens is 335 g/mol. The molecule has 1 saturated carbocycles. The number of nitrogens with zero attached hydrogens (tertiary/aromatic N) is 4. The van der Waals surface area contributed by atoms with Crippen LogP contribution in [0.3, 0.4) is 0 Å². The van der Waals surface area contributed by atoms with Crippen molar-refractivity contribution in [2.75, 3.05) is 20.1 Å². The van der Waals surface area contributed by atoms with E-state index in [1.54, 1.807) is 27.7 Å². The smallest absolute Gasteiger partial charge is 0.260 e. The summed E-state index contributed by atoms with van der Waals surface area (Å²) < 4.78 is 16.6. The zero-order valence-electron chi connectivity index (χ0n) is 15.9. The van der Waals surface area contributed by atoms with Gasteiger partial charge in [0.1, 0.15) is 6.54 Å². The lowest BCUT2D eigenvalue weighted by molar-refractivity contribution is -0.155. The van der Waals surface area contributed by atoms with Gasteiger partial charge in [0.2, 0.25) is 5.91 Å². The second-order valence-electron chi connectivity index (χ2n) is 8.05. The van der Waals surface area contributed by atoms with Gasteiger partial charge >= 0.3 is 0 Å². The van der Waals surface area contributed by atoms with Gasteiger partial charge in [-0.2, -0.15) is 5.10 Å². The fraction of sp³-hybridized carbons (Fsp3) is 0.737. The van der Waals surface area contributed by atoms with Crippen LogP contribution in [0.1, 0.15) is 44.7 Å². The highest BCUT2D eigenvalue weighted by molar-refractivity contribution is 5.86. The van der Waals surface area contributed by atoms with Crippen molar-refractivity contribution in [3.63, 3.8) is 0 Å². The zero-order chi connectivity index (χ0) is 18.9. The Balaban J connectivity index is 1.48. The molecule has 0 spiro atoms. The number of aryl methyl sites for hydroxylation is 1. The van der Waals surface area contributed by atoms with Gasteiger partial charge < -0.3 is 9.80 Å². The number of alkyl halides is 1. The Bertz CT molecular complexity index is 660. The second-order valence-corrected chi connectivity index (χ2v) is 8.05. The molecule has 0 radical (unpaired) electrons. The molecule has 144 valence electrons. The Hall–Kier alpha value is -1.92. The van der Waals surface area contributed by atoms with E-state index in [1.165, 1.54) is 6.92 Å². The maximum Gasteiger partial charge on any atom is 0.260 e. The number of rotatable bonds is 6. The predicted molar refractivity (Wildman–Crippen MR) is 96.2 cm³/mol. The van der Waals surface area contributed by atoms with Crippen LogP contribution >= 0.6 is 0 Å². The third kappa shape index (κ3) is 3.91. The highest BCUT2D eigenvalue weighted by Gasteiger charge is 2.44. The number of carbonyl (C=O) groups excluding carboxylic acids is 2. The van der Waals surface area contributed by atoms with Gasteiger partial charge in [-0.05, 0) is 32.3 Å². The number of likely N-dealkylation sites (N-methyl/N-ethyl adjacent to an activating group) is 1. The number of likely N-dealkylation sites (tertiary alicyclic amines) is 1. The number of halogens is 1. The van der Waals surface area contributed by atoms with Crippen molar-refractivity contribution in [2.24, 2.45) is 5.92 Å². The van der Waals surface area contributed by atoms with Crippen LogP contribution in [0.4, 0.5) is 4.39 Å². The minimum Gasteiger partial charge on any atom is -0.338 e. The minimum atomic E-state index is -1.80. The van der Waals surface area contributed by atoms with E-state index in [2.05, 4.69) is 5.10 Å². The molecule has 2 fully saturated rings. The molecule has 1 saturated heterocycles. The van der Waals surface area contributed by atoms with Gasteiger partial charge in [-0.3, -0.25) is 14.3 Å². The molecule has 1 atom stereocenters. The summed E-state index contributed by atoms with van der Waals surface area (Å²) >= 11 is 0. The van der Waals surface area contributed by atoms with Gasteiger partial charge in [-0.25, -0.2) is 4.39 Å². The molecule has 2 amide bonds. The Morgan fingerprint density at radius 3 is 2.58 bits per heavy atom. The maximum absolute atomic E-state index is 14.9. The van der Waals surface area contributed by atoms with Crippen LogP contribution in [0.2, 0.25) is 0 Å². The first-order valence-electron chi connectivity index (χ1n) is 9.50. The van der Waals surface area contributed by atoms with Crippen LogP contribution in [0.25, 0.3) is 0 Å². The summed E-state index contributed by atoms with van der Waals surface area (Å²) in [4.78, 5) is 28.1. The van der Waals surface area contributed by atoms with E-state index in [0.29, 0.717) is 25.4 Å². The van der Waals surface area contributed by atoms with Crippen LogP contribution in [-0.4, -0.2) is 63.2 Å². The molecule has 0 bridgehead atoms. The minimum absolute atomic E-state index is 0.0513. The van der Waals surface area contributed by atoms with Crippen molar-refractivity contribution in [1.82, 2.24) is 19.6 Å². The third-order valence-corrected chi connectivity index (χ3v) is 5.90. The molecule has 2 heterocycles. The van der Waals surface area contributed by atoms with Crippen LogP contribution in [0, 0.1) is 12.8 Å². The molecule has 6 nitrogen and oxygen atoms in total. The van der Waals surface area contributed by atoms with E-state index in [-0.39, 0.29) is 18.5 Å². The van der Waals surface area contributed by atoms with Gasteiger partial charge in [-0.15, -0.1) is 0 Å². The number of hydrogen-bond acceptors (Lipinski definition) is 3. The van der Waals surface area contributed by atoms with Gasteiger partial charge in [0.05, 0.1) is 6.04 Å². The quantitative estimate of drug-likeness (QED) is 0.777. The SMILES string of the molecule is Cc1ccnn1CC(=O)N(C)C1CN(C(=O)C(C)(F)CC2CCCC2)C1. The highest BCUT2D eigenvalue weighted by atomic mass is 19.1. The van der Waals surface area contributed by atoms with Crippen molar-refractivity contribution in [3.05, 3.63) is 18.0 Å². The molecule has 1 aromatic heterocycles. The standard InChI is InChI=1S/C19H29FN4O2/c1-14-8-9-21-24(14)13-17(25)22(3)16-11-23(12-16)18(26)19(2,20)10-15-6-4-5-7-15/h8-9,15-16H,4-7,10-13H2,1-3H3. The van der Waals surface area contributed by atoms with Crippen molar-refractivity contribution in [3.8, 4) is 0 Å². The predicted octanol–water partition coefficient (Wildman–Crippen LogP) is 2.17. The van der Waals surface area contributed by atoms with Crippen molar-refractivity contribution in [1.29, 1.82) is 0 Å². The van der Waals surface area contributed by atoms with Crippen molar-refractivity contribution >= 4 is 11.8 Å². The average molecular weight is 364 g/mol. The van der Waals surface area contributed by atoms with E-state index in [1.807, 2.05) is 13.0 Å². The lowest BCUT2D eigenvalue weighted by Crippen LogP contribution is -2.64. The topological polar surface area (TPSA) is 58.4 Å². The molecule has 1 aromatic rings. The second kappa shape index (κ2) is 7.37. The van der Waals surface area contributed by atoms with Crippen LogP contribution in [0.5, 0.6) is 0 Å². The fourth-order valence-electron chi connectivity index (χ4n) is 4.05. The van der Waals surface area contributed by atoms with Crippen LogP contribution < -0.4 is 0 Å². The molecular formula is C19H29FN4O2. The van der Waals surface area contributed by atoms with E-state index >= 15 is 0 Å². The van der Waals surface area contributed by atoms with Gasteiger partial charge in [0.25, 0.3) is 5.91 Å². The molecule has 3 rings (SSSR count). The summed E-state index contributed by atoms with van der Waals surface area (Å²) in [5.41, 5.74) is -0.869. The van der Waals surface area contributed by atoms with Crippen molar-refractivity contribution in [2.45, 2.75) is 64.2 Å². The van der Waals surface area contributed by atoms with E-state index in [9.17, 15) is 14.0 Å². The molecule has 7 heteroatoms. The van der Waals surface area contributed by atoms with Gasteiger partial charge in [0, 0.05) is 32.0 Å². The molecule has 0 N–H and O–H groups in total. The van der Waals surface area contributed by atoms with E-state index in [4.69, 9.17) is 0 Å². The number of hydrogen-bond donors (Lipinski definition) is 0. The Kier molecular flexibility index (Phi) is 5.34. The molecule has 1 aliphatic carbocycles. The first-order chi connectivity index (χ1) is 12.3. The fourth-order valence-corrected chi connectivity index (χ4v) is 4.05. The summed E-state index contributed by atoms with van der Waals surface area (Å²) in [7, 11) is 1.74. The number of aromatic nitrogens is 2. The maximum atomic E-state index is 14.9. The summed E-state index contributed by atoms with van der Waals surface area (Å²) in [6.07, 6.45) is 6.32. The highest BCUT2D eigenvalue weighted by Crippen LogP contribution is 2.35. The largest absolute Gasteiger partial charge is 0.338 e. The van der Waals surface area contributed by atoms with E-state index < -0.39 is 11.6 Å². The monoisotopic (exact) mass is 364 g/mol. The summed E-state index contributed by atoms with van der Waals surface area (Å²) in [5, 5.41) is 4.12. The molecule has 26 heavy (non-hydrogen) atoms. The first-order valence-corrected chi connectivity index (χ1v) is 9.50. The lowest BCUT2D eigenvalue weighted by atomic mass is 9.90. The first kappa shape index (κ1) is 18.9. The number of amides is 2. The summed E-state index contributed by atoms with van der Waals surface area (Å²) in [6, 6.07) is 1.80. The van der Waals surface area contributed by atoms with Gasteiger partial charge in [-0.1, -0.05) is 25.7 Å². The van der Waals surface area contributed by atoms with Crippen LogP contribution in [-0.2, 0) is 16.1 Å². The van der Waals surface area contributed by atoms with Crippen molar-refractivity contribution < 1.29 is 14.0 Å². The molecule has 1 aliphatic heterocycles. The lowest BCUT2D eigenvalue weighted by Gasteiger charge is -2.45. The molecule has 1 unspecified atom stereocenters. The average Bonchev–Trinajstić information content (AvgIpc) is 3.17. The Labute approximate surface area is 154 Å². The van der Waals surface area contributed by atoms with Crippen LogP contribution in [0.15, 0.2) is 12.3 Å². The van der Waals surface area contributed by atoms with E-state index in [0.717, 1.165) is 31.4 Å². The normalized spacial score (nSPS) is 20.7. The zero-order valence-corrected chi connectivity index (χ0v) is 15.9. The molecule has 2 aliphatic rings. The molecule has 0 aromatic carbocycles. The Morgan fingerprint density at radius 1 is 1.35 bits per heavy atom. The summed E-state index contributed by atoms with van der Waals surface area (Å²) in [6.45, 7) is 4.31.